The van der Waals surface area contributed by atoms with E-state index < -0.39 is 11.7 Å². The van der Waals surface area contributed by atoms with Gasteiger partial charge in [0.15, 0.2) is 17.1 Å². The SMILES string of the molecule is CCc1noc(C(=O)Nc2ccc(F)c(-c3nc4ncc(Br)cc4o3)c2)n1. The molecule has 1 amide bonds. The Kier molecular flexibility index (Phi) is 4.40. The summed E-state index contributed by atoms with van der Waals surface area (Å²) in [5, 5.41) is 6.25. The number of hydrogen-bond acceptors (Lipinski definition) is 7. The second kappa shape index (κ2) is 6.88. The van der Waals surface area contributed by atoms with E-state index in [1.807, 2.05) is 6.92 Å². The van der Waals surface area contributed by atoms with Crippen molar-refractivity contribution in [2.75, 3.05) is 5.32 Å². The molecule has 0 unspecified atom stereocenters. The Morgan fingerprint density at radius 1 is 1.30 bits per heavy atom. The smallest absolute Gasteiger partial charge is 0.316 e. The van der Waals surface area contributed by atoms with E-state index in [4.69, 9.17) is 8.94 Å². The number of amides is 1. The molecule has 0 aliphatic rings. The van der Waals surface area contributed by atoms with Crippen LogP contribution in [-0.4, -0.2) is 26.0 Å². The van der Waals surface area contributed by atoms with Crippen molar-refractivity contribution in [3.8, 4) is 11.5 Å². The summed E-state index contributed by atoms with van der Waals surface area (Å²) in [6.45, 7) is 1.84. The largest absolute Gasteiger partial charge is 0.434 e. The summed E-state index contributed by atoms with van der Waals surface area (Å²) < 4.78 is 25.5. The van der Waals surface area contributed by atoms with Crippen LogP contribution in [0.5, 0.6) is 0 Å². The van der Waals surface area contributed by atoms with Gasteiger partial charge in [0, 0.05) is 28.8 Å². The number of halogens is 2. The number of hydrogen-bond donors (Lipinski definition) is 1. The second-order valence-electron chi connectivity index (χ2n) is 5.51. The van der Waals surface area contributed by atoms with Crippen LogP contribution in [0.1, 0.15) is 23.4 Å². The Labute approximate surface area is 159 Å². The summed E-state index contributed by atoms with van der Waals surface area (Å²) >= 11 is 3.29. The van der Waals surface area contributed by atoms with Crippen LogP contribution in [0, 0.1) is 5.82 Å². The molecule has 0 saturated heterocycles. The van der Waals surface area contributed by atoms with E-state index >= 15 is 0 Å². The van der Waals surface area contributed by atoms with Crippen molar-refractivity contribution in [1.29, 1.82) is 0 Å². The fourth-order valence-electron chi connectivity index (χ4n) is 2.35. The van der Waals surface area contributed by atoms with Crippen LogP contribution in [0.3, 0.4) is 0 Å². The van der Waals surface area contributed by atoms with Crippen LogP contribution < -0.4 is 5.32 Å². The zero-order valence-electron chi connectivity index (χ0n) is 13.9. The number of benzene rings is 1. The summed E-state index contributed by atoms with van der Waals surface area (Å²) in [7, 11) is 0. The predicted molar refractivity (Wildman–Crippen MR) is 96.5 cm³/mol. The molecule has 0 bridgehead atoms. The van der Waals surface area contributed by atoms with E-state index in [9.17, 15) is 9.18 Å². The maximum absolute atomic E-state index is 14.3. The van der Waals surface area contributed by atoms with Crippen LogP contribution in [-0.2, 0) is 6.42 Å². The highest BCUT2D eigenvalue weighted by molar-refractivity contribution is 9.10. The quantitative estimate of drug-likeness (QED) is 0.520. The van der Waals surface area contributed by atoms with Gasteiger partial charge in [-0.15, -0.1) is 0 Å². The van der Waals surface area contributed by atoms with Gasteiger partial charge >= 0.3 is 11.8 Å². The summed E-state index contributed by atoms with van der Waals surface area (Å²) in [5.74, 6) is -0.846. The number of pyridine rings is 1. The Hall–Kier alpha value is -3.14. The molecule has 1 aromatic carbocycles. The van der Waals surface area contributed by atoms with E-state index in [2.05, 4.69) is 41.4 Å². The van der Waals surface area contributed by atoms with E-state index in [1.54, 1.807) is 12.3 Å². The minimum atomic E-state index is -0.595. The Morgan fingerprint density at radius 2 is 2.15 bits per heavy atom. The molecule has 0 spiro atoms. The van der Waals surface area contributed by atoms with Crippen molar-refractivity contribution >= 4 is 38.8 Å². The monoisotopic (exact) mass is 431 g/mol. The van der Waals surface area contributed by atoms with Crippen molar-refractivity contribution in [3.05, 3.63) is 52.5 Å². The van der Waals surface area contributed by atoms with Crippen molar-refractivity contribution in [2.24, 2.45) is 0 Å². The molecule has 0 fully saturated rings. The molecule has 0 aliphatic carbocycles. The number of rotatable bonds is 4. The molecule has 0 radical (unpaired) electrons. The van der Waals surface area contributed by atoms with Crippen molar-refractivity contribution < 1.29 is 18.1 Å². The molecule has 1 N–H and O–H groups in total. The van der Waals surface area contributed by atoms with Crippen LogP contribution in [0.2, 0.25) is 0 Å². The lowest BCUT2D eigenvalue weighted by Crippen LogP contribution is -2.12. The van der Waals surface area contributed by atoms with Gasteiger partial charge in [0.2, 0.25) is 5.89 Å². The highest BCUT2D eigenvalue weighted by Crippen LogP contribution is 2.29. The van der Waals surface area contributed by atoms with Gasteiger partial charge in [-0.2, -0.15) is 9.97 Å². The summed E-state index contributed by atoms with van der Waals surface area (Å²) in [5.41, 5.74) is 1.16. The standard InChI is InChI=1S/C17H11BrFN5O3/c1-2-13-22-17(27-24-13)15(25)21-9-3-4-11(19)10(6-9)16-23-14-12(26-16)5-8(18)7-20-14/h3-7H,2H2,1H3,(H,21,25). The molecular formula is C17H11BrFN5O3. The normalized spacial score (nSPS) is 11.1. The molecular weight excluding hydrogens is 421 g/mol. The van der Waals surface area contributed by atoms with Crippen LogP contribution in [0.15, 0.2) is 43.9 Å². The minimum absolute atomic E-state index is 0.0512. The fraction of sp³-hybridized carbons (Fsp3) is 0.118. The summed E-state index contributed by atoms with van der Waals surface area (Å²) in [6, 6.07) is 5.70. The van der Waals surface area contributed by atoms with E-state index in [0.717, 1.165) is 0 Å². The van der Waals surface area contributed by atoms with E-state index in [1.165, 1.54) is 18.2 Å². The molecule has 4 aromatic rings. The van der Waals surface area contributed by atoms with E-state index in [0.29, 0.717) is 33.6 Å². The lowest BCUT2D eigenvalue weighted by Gasteiger charge is -2.04. The van der Waals surface area contributed by atoms with Crippen LogP contribution >= 0.6 is 15.9 Å². The maximum Gasteiger partial charge on any atom is 0.316 e. The zero-order valence-corrected chi connectivity index (χ0v) is 15.4. The number of aromatic nitrogens is 4. The Morgan fingerprint density at radius 3 is 2.93 bits per heavy atom. The number of carbonyl (C=O) groups is 1. The fourth-order valence-corrected chi connectivity index (χ4v) is 2.66. The third kappa shape index (κ3) is 3.43. The average Bonchev–Trinajstić information content (AvgIpc) is 3.29. The van der Waals surface area contributed by atoms with Gasteiger partial charge in [-0.05, 0) is 34.1 Å². The van der Waals surface area contributed by atoms with Gasteiger partial charge in [-0.3, -0.25) is 4.79 Å². The minimum Gasteiger partial charge on any atom is -0.434 e. The lowest BCUT2D eigenvalue weighted by molar-refractivity contribution is 0.0981. The molecule has 10 heteroatoms. The molecule has 136 valence electrons. The Bertz CT molecular complexity index is 1160. The molecule has 8 nitrogen and oxygen atoms in total. The third-order valence-electron chi connectivity index (χ3n) is 3.65. The van der Waals surface area contributed by atoms with Gasteiger partial charge in [-0.25, -0.2) is 9.37 Å². The Balaban J connectivity index is 1.65. The van der Waals surface area contributed by atoms with Crippen molar-refractivity contribution in [1.82, 2.24) is 20.1 Å². The third-order valence-corrected chi connectivity index (χ3v) is 4.08. The van der Waals surface area contributed by atoms with Gasteiger partial charge < -0.3 is 14.3 Å². The van der Waals surface area contributed by atoms with Crippen LogP contribution in [0.25, 0.3) is 22.7 Å². The molecule has 0 aliphatic heterocycles. The number of oxazole rings is 1. The van der Waals surface area contributed by atoms with Gasteiger partial charge in [0.25, 0.3) is 0 Å². The predicted octanol–water partition coefficient (Wildman–Crippen LogP) is 3.99. The summed E-state index contributed by atoms with van der Waals surface area (Å²) in [4.78, 5) is 24.4. The first kappa shape index (κ1) is 17.3. The molecule has 0 atom stereocenters. The highest BCUT2D eigenvalue weighted by atomic mass is 79.9. The highest BCUT2D eigenvalue weighted by Gasteiger charge is 2.18. The maximum atomic E-state index is 14.3. The topological polar surface area (TPSA) is 107 Å². The number of anilines is 1. The van der Waals surface area contributed by atoms with Gasteiger partial charge in [0.1, 0.15) is 5.82 Å². The molecule has 3 heterocycles. The van der Waals surface area contributed by atoms with Gasteiger partial charge in [-0.1, -0.05) is 12.1 Å². The molecule has 4 rings (SSSR count). The van der Waals surface area contributed by atoms with E-state index in [-0.39, 0.29) is 17.3 Å². The van der Waals surface area contributed by atoms with Gasteiger partial charge in [0.05, 0.1) is 5.56 Å². The number of fused-ring (bicyclic) bond motifs is 1. The molecule has 3 aromatic heterocycles. The molecule has 27 heavy (non-hydrogen) atoms. The lowest BCUT2D eigenvalue weighted by atomic mass is 10.2. The van der Waals surface area contributed by atoms with Crippen LogP contribution in [0.4, 0.5) is 10.1 Å². The number of aryl methyl sites for hydroxylation is 1. The van der Waals surface area contributed by atoms with Crippen molar-refractivity contribution in [2.45, 2.75) is 13.3 Å². The number of nitrogens with one attached hydrogen (secondary N) is 1. The first-order valence-electron chi connectivity index (χ1n) is 7.89. The summed E-state index contributed by atoms with van der Waals surface area (Å²) in [6.07, 6.45) is 2.11. The number of nitrogens with zero attached hydrogens (tertiary/aromatic N) is 4. The first-order valence-corrected chi connectivity index (χ1v) is 8.68. The first-order chi connectivity index (χ1) is 13.0. The average molecular weight is 432 g/mol. The second-order valence-corrected chi connectivity index (χ2v) is 6.43. The molecule has 0 saturated carbocycles. The number of carbonyl (C=O) groups excluding carboxylic acids is 1. The zero-order chi connectivity index (χ0) is 19.0. The van der Waals surface area contributed by atoms with Crippen molar-refractivity contribution in [3.63, 3.8) is 0 Å².